The number of hydrogen-bond donors (Lipinski definition) is 0. The van der Waals surface area contributed by atoms with Gasteiger partial charge in [0.2, 0.25) is 0 Å². The van der Waals surface area contributed by atoms with Crippen molar-refractivity contribution in [3.63, 3.8) is 0 Å². The SMILES string of the molecule is COc1ccc(-c2ccc3c(c2)C(=O)C(=O)N3Cc2ccccc2)cc1. The zero-order valence-electron chi connectivity index (χ0n) is 14.3. The van der Waals surface area contributed by atoms with Crippen LogP contribution < -0.4 is 9.64 Å². The summed E-state index contributed by atoms with van der Waals surface area (Å²) in [4.78, 5) is 26.5. The molecule has 3 aromatic rings. The number of Topliss-reactive ketones (excluding diaryl/α,β-unsaturated/α-hetero) is 1. The quantitative estimate of drug-likeness (QED) is 0.670. The minimum absolute atomic E-state index is 0.389. The van der Waals surface area contributed by atoms with Crippen LogP contribution in [-0.4, -0.2) is 18.8 Å². The van der Waals surface area contributed by atoms with Crippen molar-refractivity contribution >= 4 is 17.4 Å². The van der Waals surface area contributed by atoms with E-state index < -0.39 is 11.7 Å². The van der Waals surface area contributed by atoms with Crippen molar-refractivity contribution in [2.24, 2.45) is 0 Å². The fraction of sp³-hybridized carbons (Fsp3) is 0.0909. The lowest BCUT2D eigenvalue weighted by molar-refractivity contribution is -0.114. The van der Waals surface area contributed by atoms with Gasteiger partial charge in [-0.3, -0.25) is 9.59 Å². The van der Waals surface area contributed by atoms with E-state index in [4.69, 9.17) is 4.74 Å². The molecule has 1 aliphatic heterocycles. The number of carbonyl (C=O) groups is 2. The van der Waals surface area contributed by atoms with Crippen LogP contribution in [-0.2, 0) is 11.3 Å². The molecule has 0 aromatic heterocycles. The van der Waals surface area contributed by atoms with Crippen LogP contribution in [0.1, 0.15) is 15.9 Å². The molecule has 0 bridgehead atoms. The summed E-state index contributed by atoms with van der Waals surface area (Å²) in [6.45, 7) is 0.389. The van der Waals surface area contributed by atoms with Gasteiger partial charge in [-0.25, -0.2) is 0 Å². The molecule has 128 valence electrons. The number of fused-ring (bicyclic) bond motifs is 1. The van der Waals surface area contributed by atoms with Crippen LogP contribution in [0, 0.1) is 0 Å². The van der Waals surface area contributed by atoms with E-state index >= 15 is 0 Å². The molecule has 0 spiro atoms. The maximum atomic E-state index is 12.5. The first-order valence-corrected chi connectivity index (χ1v) is 8.36. The average Bonchev–Trinajstić information content (AvgIpc) is 2.93. The molecule has 0 unspecified atom stereocenters. The molecule has 0 radical (unpaired) electrons. The highest BCUT2D eigenvalue weighted by Crippen LogP contribution is 2.34. The first-order valence-electron chi connectivity index (χ1n) is 8.36. The topological polar surface area (TPSA) is 46.6 Å². The second-order valence-corrected chi connectivity index (χ2v) is 6.17. The zero-order chi connectivity index (χ0) is 18.1. The van der Waals surface area contributed by atoms with Crippen LogP contribution in [0.5, 0.6) is 5.75 Å². The van der Waals surface area contributed by atoms with Gasteiger partial charge in [-0.05, 0) is 41.0 Å². The first kappa shape index (κ1) is 16.1. The van der Waals surface area contributed by atoms with Gasteiger partial charge >= 0.3 is 0 Å². The largest absolute Gasteiger partial charge is 0.497 e. The Bertz CT molecular complexity index is 978. The summed E-state index contributed by atoms with van der Waals surface area (Å²) >= 11 is 0. The summed E-state index contributed by atoms with van der Waals surface area (Å²) in [5.41, 5.74) is 3.98. The average molecular weight is 343 g/mol. The van der Waals surface area contributed by atoms with E-state index in [1.165, 1.54) is 0 Å². The van der Waals surface area contributed by atoms with E-state index in [9.17, 15) is 9.59 Å². The molecule has 4 rings (SSSR count). The van der Waals surface area contributed by atoms with E-state index in [2.05, 4.69) is 0 Å². The molecule has 0 saturated heterocycles. The minimum Gasteiger partial charge on any atom is -0.497 e. The number of amides is 1. The number of ketones is 1. The molecule has 1 amide bonds. The molecule has 0 fully saturated rings. The summed E-state index contributed by atoms with van der Waals surface area (Å²) in [6.07, 6.45) is 0. The fourth-order valence-electron chi connectivity index (χ4n) is 3.19. The molecular weight excluding hydrogens is 326 g/mol. The second-order valence-electron chi connectivity index (χ2n) is 6.17. The fourth-order valence-corrected chi connectivity index (χ4v) is 3.19. The highest BCUT2D eigenvalue weighted by atomic mass is 16.5. The molecule has 0 aliphatic carbocycles. The highest BCUT2D eigenvalue weighted by molar-refractivity contribution is 6.52. The minimum atomic E-state index is -0.476. The smallest absolute Gasteiger partial charge is 0.299 e. The Morgan fingerprint density at radius 1 is 0.846 bits per heavy atom. The van der Waals surface area contributed by atoms with Crippen molar-refractivity contribution in [2.45, 2.75) is 6.54 Å². The van der Waals surface area contributed by atoms with Crippen LogP contribution in [0.3, 0.4) is 0 Å². The summed E-state index contributed by atoms with van der Waals surface area (Å²) < 4.78 is 5.18. The third kappa shape index (κ3) is 2.75. The molecule has 0 N–H and O–H groups in total. The van der Waals surface area contributed by atoms with E-state index in [0.29, 0.717) is 17.8 Å². The van der Waals surface area contributed by atoms with E-state index in [1.54, 1.807) is 18.1 Å². The molecule has 4 heteroatoms. The van der Waals surface area contributed by atoms with E-state index in [0.717, 1.165) is 22.4 Å². The standard InChI is InChI=1S/C22H17NO3/c1-26-18-10-7-16(8-11-18)17-9-12-20-19(13-17)21(24)22(25)23(20)14-15-5-3-2-4-6-15/h2-13H,14H2,1H3. The van der Waals surface area contributed by atoms with Gasteiger partial charge < -0.3 is 9.64 Å². The van der Waals surface area contributed by atoms with Crippen molar-refractivity contribution in [1.29, 1.82) is 0 Å². The third-order valence-corrected chi connectivity index (χ3v) is 4.58. The summed E-state index contributed by atoms with van der Waals surface area (Å²) in [7, 11) is 1.62. The van der Waals surface area contributed by atoms with Gasteiger partial charge in [0, 0.05) is 0 Å². The molecule has 0 atom stereocenters. The number of methoxy groups -OCH3 is 1. The highest BCUT2D eigenvalue weighted by Gasteiger charge is 2.35. The Morgan fingerprint density at radius 2 is 1.54 bits per heavy atom. The predicted molar refractivity (Wildman–Crippen MR) is 100 cm³/mol. The van der Waals surface area contributed by atoms with Crippen LogP contribution in [0.25, 0.3) is 11.1 Å². The van der Waals surface area contributed by atoms with Crippen LogP contribution in [0.2, 0.25) is 0 Å². The van der Waals surface area contributed by atoms with Crippen molar-refractivity contribution in [2.75, 3.05) is 12.0 Å². The van der Waals surface area contributed by atoms with Crippen LogP contribution >= 0.6 is 0 Å². The number of carbonyl (C=O) groups excluding carboxylic acids is 2. The van der Waals surface area contributed by atoms with Crippen LogP contribution in [0.4, 0.5) is 5.69 Å². The van der Waals surface area contributed by atoms with Crippen molar-refractivity contribution in [3.8, 4) is 16.9 Å². The van der Waals surface area contributed by atoms with Crippen molar-refractivity contribution < 1.29 is 14.3 Å². The van der Waals surface area contributed by atoms with Gasteiger partial charge in [0.25, 0.3) is 11.7 Å². The van der Waals surface area contributed by atoms with E-state index in [1.807, 2.05) is 66.7 Å². The van der Waals surface area contributed by atoms with Gasteiger partial charge in [0.15, 0.2) is 0 Å². The maximum Gasteiger partial charge on any atom is 0.299 e. The molecular formula is C22H17NO3. The Balaban J connectivity index is 1.69. The molecule has 0 saturated carbocycles. The number of benzene rings is 3. The summed E-state index contributed by atoms with van der Waals surface area (Å²) in [5, 5.41) is 0. The van der Waals surface area contributed by atoms with Crippen molar-refractivity contribution in [3.05, 3.63) is 83.9 Å². The number of hydrogen-bond acceptors (Lipinski definition) is 3. The number of anilines is 1. The Labute approximate surface area is 151 Å². The molecule has 3 aromatic carbocycles. The monoisotopic (exact) mass is 343 g/mol. The lowest BCUT2D eigenvalue weighted by atomic mass is 10.0. The summed E-state index contributed by atoms with van der Waals surface area (Å²) in [6, 6.07) is 22.9. The maximum absolute atomic E-state index is 12.5. The normalized spacial score (nSPS) is 13.0. The van der Waals surface area contributed by atoms with Gasteiger partial charge in [-0.2, -0.15) is 0 Å². The third-order valence-electron chi connectivity index (χ3n) is 4.58. The predicted octanol–water partition coefficient (Wildman–Crippen LogP) is 4.09. The summed E-state index contributed by atoms with van der Waals surface area (Å²) in [5.74, 6) is -0.155. The molecule has 1 aliphatic rings. The number of nitrogens with zero attached hydrogens (tertiary/aromatic N) is 1. The molecule has 26 heavy (non-hydrogen) atoms. The lowest BCUT2D eigenvalue weighted by Gasteiger charge is -2.17. The van der Waals surface area contributed by atoms with Crippen LogP contribution in [0.15, 0.2) is 72.8 Å². The van der Waals surface area contributed by atoms with Gasteiger partial charge in [-0.1, -0.05) is 48.5 Å². The Hall–Kier alpha value is -3.40. The molecule has 4 nitrogen and oxygen atoms in total. The van der Waals surface area contributed by atoms with Gasteiger partial charge in [0.05, 0.1) is 24.9 Å². The molecule has 1 heterocycles. The van der Waals surface area contributed by atoms with Gasteiger partial charge in [-0.15, -0.1) is 0 Å². The van der Waals surface area contributed by atoms with E-state index in [-0.39, 0.29) is 0 Å². The number of ether oxygens (including phenoxy) is 1. The lowest BCUT2D eigenvalue weighted by Crippen LogP contribution is -2.29. The number of rotatable bonds is 4. The van der Waals surface area contributed by atoms with Gasteiger partial charge in [0.1, 0.15) is 5.75 Å². The Kier molecular flexibility index (Phi) is 4.01. The zero-order valence-corrected chi connectivity index (χ0v) is 14.3. The Morgan fingerprint density at radius 3 is 2.23 bits per heavy atom. The second kappa shape index (κ2) is 6.48. The first-order chi connectivity index (χ1) is 12.7. The van der Waals surface area contributed by atoms with Crippen molar-refractivity contribution in [1.82, 2.24) is 0 Å².